The lowest BCUT2D eigenvalue weighted by Gasteiger charge is -2.24. The number of aliphatic imine (C=N–C) groups is 1. The number of carbonyl (C=O) groups excluding carboxylic acids is 1. The van der Waals surface area contributed by atoms with E-state index in [4.69, 9.17) is 0 Å². The summed E-state index contributed by atoms with van der Waals surface area (Å²) in [6.45, 7) is 6.19. The Balaban J connectivity index is 2.24. The monoisotopic (exact) mass is 286 g/mol. The third-order valence-corrected chi connectivity index (χ3v) is 4.68. The third-order valence-electron chi connectivity index (χ3n) is 3.14. The van der Waals surface area contributed by atoms with Crippen LogP contribution in [0.3, 0.4) is 0 Å². The highest BCUT2D eigenvalue weighted by Crippen LogP contribution is 2.36. The Morgan fingerprint density at radius 1 is 1.37 bits per heavy atom. The van der Waals surface area contributed by atoms with Crippen LogP contribution in [0.15, 0.2) is 4.99 Å². The standard InChI is InChI=1S/C13H26N4OS/c1-4-7-15-11(18)9-16-12(14-3)17-10-13(2)6-5-8-19-13/h4-10H2,1-3H3,(H,15,18)(H2,14,16,17). The van der Waals surface area contributed by atoms with Crippen molar-refractivity contribution >= 4 is 23.6 Å². The van der Waals surface area contributed by atoms with E-state index in [0.717, 1.165) is 19.5 Å². The first-order valence-corrected chi connectivity index (χ1v) is 7.93. The van der Waals surface area contributed by atoms with Gasteiger partial charge in [-0.25, -0.2) is 0 Å². The molecule has 1 aliphatic heterocycles. The molecule has 0 aromatic rings. The summed E-state index contributed by atoms with van der Waals surface area (Å²) in [4.78, 5) is 15.6. The van der Waals surface area contributed by atoms with Gasteiger partial charge in [0.05, 0.1) is 6.54 Å². The number of carbonyl (C=O) groups is 1. The molecule has 1 amide bonds. The maximum absolute atomic E-state index is 11.5. The van der Waals surface area contributed by atoms with Gasteiger partial charge in [-0.1, -0.05) is 6.92 Å². The Morgan fingerprint density at radius 2 is 2.16 bits per heavy atom. The van der Waals surface area contributed by atoms with Gasteiger partial charge < -0.3 is 16.0 Å². The molecule has 1 fully saturated rings. The van der Waals surface area contributed by atoms with Crippen molar-refractivity contribution < 1.29 is 4.79 Å². The molecule has 110 valence electrons. The molecule has 3 N–H and O–H groups in total. The lowest BCUT2D eigenvalue weighted by Crippen LogP contribution is -2.46. The summed E-state index contributed by atoms with van der Waals surface area (Å²) < 4.78 is 0.294. The number of hydrogen-bond acceptors (Lipinski definition) is 3. The molecule has 6 heteroatoms. The second-order valence-electron chi connectivity index (χ2n) is 5.03. The minimum atomic E-state index is 0.00579. The van der Waals surface area contributed by atoms with Crippen molar-refractivity contribution in [2.75, 3.05) is 32.4 Å². The topological polar surface area (TPSA) is 65.5 Å². The molecule has 0 spiro atoms. The van der Waals surface area contributed by atoms with Crippen LogP contribution in [0.4, 0.5) is 0 Å². The van der Waals surface area contributed by atoms with Crippen molar-refractivity contribution in [3.63, 3.8) is 0 Å². The normalized spacial score (nSPS) is 23.2. The van der Waals surface area contributed by atoms with E-state index in [1.807, 2.05) is 18.7 Å². The van der Waals surface area contributed by atoms with Crippen molar-refractivity contribution in [1.82, 2.24) is 16.0 Å². The van der Waals surface area contributed by atoms with Crippen LogP contribution in [-0.4, -0.2) is 49.0 Å². The van der Waals surface area contributed by atoms with Gasteiger partial charge >= 0.3 is 0 Å². The van der Waals surface area contributed by atoms with Crippen molar-refractivity contribution in [3.05, 3.63) is 0 Å². The fourth-order valence-corrected chi connectivity index (χ4v) is 3.20. The number of nitrogens with one attached hydrogen (secondary N) is 3. The number of amides is 1. The van der Waals surface area contributed by atoms with E-state index in [1.54, 1.807) is 7.05 Å². The van der Waals surface area contributed by atoms with E-state index in [2.05, 4.69) is 27.9 Å². The molecule has 19 heavy (non-hydrogen) atoms. The van der Waals surface area contributed by atoms with Gasteiger partial charge in [0.2, 0.25) is 5.91 Å². The van der Waals surface area contributed by atoms with Crippen LogP contribution in [-0.2, 0) is 4.79 Å². The largest absolute Gasteiger partial charge is 0.355 e. The summed E-state index contributed by atoms with van der Waals surface area (Å²) in [5.74, 6) is 1.94. The van der Waals surface area contributed by atoms with E-state index < -0.39 is 0 Å². The first-order chi connectivity index (χ1) is 9.09. The van der Waals surface area contributed by atoms with Crippen molar-refractivity contribution in [2.45, 2.75) is 37.9 Å². The van der Waals surface area contributed by atoms with Gasteiger partial charge in [-0.05, 0) is 31.9 Å². The lowest BCUT2D eigenvalue weighted by molar-refractivity contribution is -0.120. The average molecular weight is 286 g/mol. The fourth-order valence-electron chi connectivity index (χ4n) is 1.96. The smallest absolute Gasteiger partial charge is 0.239 e. The zero-order valence-electron chi connectivity index (χ0n) is 12.2. The lowest BCUT2D eigenvalue weighted by atomic mass is 10.1. The number of thioether (sulfide) groups is 1. The molecule has 1 aliphatic rings. The molecule has 1 heterocycles. The Labute approximate surface area is 120 Å². The summed E-state index contributed by atoms with van der Waals surface area (Å²) in [5, 5.41) is 9.17. The molecule has 0 radical (unpaired) electrons. The summed E-state index contributed by atoms with van der Waals surface area (Å²) in [7, 11) is 1.73. The highest BCUT2D eigenvalue weighted by molar-refractivity contribution is 8.00. The predicted molar refractivity (Wildman–Crippen MR) is 82.8 cm³/mol. The fraction of sp³-hybridized carbons (Fsp3) is 0.846. The summed E-state index contributed by atoms with van der Waals surface area (Å²) in [6, 6.07) is 0. The van der Waals surface area contributed by atoms with Gasteiger partial charge in [-0.15, -0.1) is 0 Å². The summed E-state index contributed by atoms with van der Waals surface area (Å²) in [6.07, 6.45) is 3.47. The van der Waals surface area contributed by atoms with Gasteiger partial charge in [0.1, 0.15) is 0 Å². The Hall–Kier alpha value is -0.910. The number of hydrogen-bond donors (Lipinski definition) is 3. The van der Waals surface area contributed by atoms with Crippen LogP contribution in [0.5, 0.6) is 0 Å². The Bertz CT molecular complexity index is 314. The summed E-state index contributed by atoms with van der Waals surface area (Å²) >= 11 is 2.01. The average Bonchev–Trinajstić information content (AvgIpc) is 2.83. The second-order valence-corrected chi connectivity index (χ2v) is 6.71. The van der Waals surface area contributed by atoms with Crippen LogP contribution in [0.2, 0.25) is 0 Å². The quantitative estimate of drug-likeness (QED) is 0.503. The molecular weight excluding hydrogens is 260 g/mol. The molecule has 0 aromatic heterocycles. The molecule has 0 bridgehead atoms. The first kappa shape index (κ1) is 16.1. The van der Waals surface area contributed by atoms with Gasteiger partial charge in [-0.3, -0.25) is 9.79 Å². The Kier molecular flexibility index (Phi) is 7.05. The molecule has 1 atom stereocenters. The van der Waals surface area contributed by atoms with Crippen molar-refractivity contribution in [3.8, 4) is 0 Å². The third kappa shape index (κ3) is 6.18. The molecule has 5 nitrogen and oxygen atoms in total. The number of guanidine groups is 1. The minimum absolute atomic E-state index is 0.00579. The van der Waals surface area contributed by atoms with Crippen LogP contribution in [0.25, 0.3) is 0 Å². The van der Waals surface area contributed by atoms with E-state index in [0.29, 0.717) is 10.7 Å². The molecule has 0 aliphatic carbocycles. The highest BCUT2D eigenvalue weighted by Gasteiger charge is 2.29. The molecule has 1 unspecified atom stereocenters. The Morgan fingerprint density at radius 3 is 2.74 bits per heavy atom. The maximum Gasteiger partial charge on any atom is 0.239 e. The van der Waals surface area contributed by atoms with Gasteiger partial charge in [0.25, 0.3) is 0 Å². The van der Waals surface area contributed by atoms with Crippen LogP contribution < -0.4 is 16.0 Å². The van der Waals surface area contributed by atoms with E-state index >= 15 is 0 Å². The first-order valence-electron chi connectivity index (χ1n) is 6.95. The zero-order chi connectivity index (χ0) is 14.1. The van der Waals surface area contributed by atoms with Crippen molar-refractivity contribution in [2.24, 2.45) is 4.99 Å². The molecule has 1 saturated heterocycles. The highest BCUT2D eigenvalue weighted by atomic mass is 32.2. The van der Waals surface area contributed by atoms with E-state index in [1.165, 1.54) is 18.6 Å². The van der Waals surface area contributed by atoms with Crippen LogP contribution in [0, 0.1) is 0 Å². The summed E-state index contributed by atoms with van der Waals surface area (Å²) in [5.41, 5.74) is 0. The maximum atomic E-state index is 11.5. The minimum Gasteiger partial charge on any atom is -0.355 e. The second kappa shape index (κ2) is 8.30. The molecule has 1 rings (SSSR count). The SMILES string of the molecule is CCCNC(=O)CNC(=NC)NCC1(C)CCCS1. The van der Waals surface area contributed by atoms with E-state index in [-0.39, 0.29) is 12.5 Å². The van der Waals surface area contributed by atoms with Crippen LogP contribution in [0.1, 0.15) is 33.1 Å². The predicted octanol–water partition coefficient (Wildman–Crippen LogP) is 0.963. The number of nitrogens with zero attached hydrogens (tertiary/aromatic N) is 1. The molecular formula is C13H26N4OS. The molecule has 0 saturated carbocycles. The molecule has 0 aromatic carbocycles. The van der Waals surface area contributed by atoms with Crippen molar-refractivity contribution in [1.29, 1.82) is 0 Å². The zero-order valence-corrected chi connectivity index (χ0v) is 13.0. The van der Waals surface area contributed by atoms with Gasteiger partial charge in [-0.2, -0.15) is 11.8 Å². The van der Waals surface area contributed by atoms with E-state index in [9.17, 15) is 4.79 Å². The van der Waals surface area contributed by atoms with Gasteiger partial charge in [0, 0.05) is 24.9 Å². The van der Waals surface area contributed by atoms with Crippen LogP contribution >= 0.6 is 11.8 Å². The number of rotatable bonds is 6. The van der Waals surface area contributed by atoms with Gasteiger partial charge in [0.15, 0.2) is 5.96 Å².